The van der Waals surface area contributed by atoms with Crippen LogP contribution in [-0.4, -0.2) is 49.3 Å². The number of aliphatic imine (C=N–C) groups is 1. The molecule has 236 valence electrons. The van der Waals surface area contributed by atoms with Gasteiger partial charge >= 0.3 is 0 Å². The van der Waals surface area contributed by atoms with E-state index in [1.165, 1.54) is 0 Å². The number of halogens is 1. The minimum Gasteiger partial charge on any atom is -0.497 e. The number of hydrogen-bond donors (Lipinski definition) is 2. The third-order valence-electron chi connectivity index (χ3n) is 7.66. The highest BCUT2D eigenvalue weighted by Gasteiger charge is 2.54. The summed E-state index contributed by atoms with van der Waals surface area (Å²) in [6.07, 6.45) is 0.376. The number of aliphatic hydroxyl groups is 1. The number of nitrogens with zero attached hydrogens (tertiary/aromatic N) is 4. The Labute approximate surface area is 275 Å². The predicted octanol–water partition coefficient (Wildman–Crippen LogP) is 7.02. The van der Waals surface area contributed by atoms with Crippen molar-refractivity contribution in [1.29, 1.82) is 0 Å². The minimum atomic E-state index is -1.47. The average molecular weight is 685 g/mol. The lowest BCUT2D eigenvalue weighted by molar-refractivity contribution is -0.128. The summed E-state index contributed by atoms with van der Waals surface area (Å²) in [7, 11) is 1.62. The van der Waals surface area contributed by atoms with E-state index in [0.717, 1.165) is 21.3 Å². The molecule has 4 aromatic carbocycles. The third kappa shape index (κ3) is 7.51. The van der Waals surface area contributed by atoms with Crippen LogP contribution in [0.3, 0.4) is 0 Å². The van der Waals surface area contributed by atoms with E-state index in [-0.39, 0.29) is 18.9 Å². The molecular weight excluding hydrogens is 650 g/mol. The quantitative estimate of drug-likeness (QED) is 0.0637. The molecule has 2 atom stereocenters. The van der Waals surface area contributed by atoms with Gasteiger partial charge in [-0.3, -0.25) is 4.79 Å². The van der Waals surface area contributed by atoms with E-state index in [9.17, 15) is 10.3 Å². The van der Waals surface area contributed by atoms with Crippen LogP contribution in [0.25, 0.3) is 10.4 Å². The fourth-order valence-corrected chi connectivity index (χ4v) is 5.84. The number of nitrogens with one attached hydrogen (secondary N) is 1. The monoisotopic (exact) mass is 683 g/mol. The van der Waals surface area contributed by atoms with Crippen molar-refractivity contribution in [2.75, 3.05) is 26.9 Å². The van der Waals surface area contributed by atoms with E-state index in [2.05, 4.69) is 31.3 Å². The molecule has 1 aliphatic heterocycles. The van der Waals surface area contributed by atoms with Crippen molar-refractivity contribution in [2.24, 2.45) is 10.1 Å². The maximum atomic E-state index is 14.5. The fourth-order valence-electron chi connectivity index (χ4n) is 5.34. The summed E-state index contributed by atoms with van der Waals surface area (Å²) >= 11 is 3.67. The van der Waals surface area contributed by atoms with Crippen LogP contribution in [-0.2, 0) is 22.4 Å². The van der Waals surface area contributed by atoms with Crippen LogP contribution in [0.5, 0.6) is 11.5 Å². The van der Waals surface area contributed by atoms with Crippen molar-refractivity contribution < 1.29 is 24.1 Å². The number of amides is 1. The summed E-state index contributed by atoms with van der Waals surface area (Å²) in [5.41, 5.74) is 11.3. The second-order valence-electron chi connectivity index (χ2n) is 10.7. The Morgan fingerprint density at radius 3 is 2.61 bits per heavy atom. The number of carbonyl (C=O) groups excluding carboxylic acids is 1. The first kappa shape index (κ1) is 32.6. The van der Waals surface area contributed by atoms with Gasteiger partial charge < -0.3 is 24.6 Å². The molecule has 0 fully saturated rings. The van der Waals surface area contributed by atoms with E-state index >= 15 is 0 Å². The van der Waals surface area contributed by atoms with Crippen LogP contribution in [0.2, 0.25) is 0 Å². The summed E-state index contributed by atoms with van der Waals surface area (Å²) in [6.45, 7) is 0.784. The molecule has 0 saturated carbocycles. The molecule has 10 nitrogen and oxygen atoms in total. The Morgan fingerprint density at radius 1 is 1.07 bits per heavy atom. The molecule has 5 rings (SSSR count). The van der Waals surface area contributed by atoms with Crippen LogP contribution in [0.15, 0.2) is 112 Å². The third-order valence-corrected chi connectivity index (χ3v) is 8.38. The number of rotatable bonds is 14. The molecule has 0 bridgehead atoms. The lowest BCUT2D eigenvalue weighted by atomic mass is 9.81. The first-order valence-corrected chi connectivity index (χ1v) is 15.7. The van der Waals surface area contributed by atoms with Gasteiger partial charge in [0, 0.05) is 52.2 Å². The van der Waals surface area contributed by atoms with Gasteiger partial charge in [0.25, 0.3) is 5.91 Å². The van der Waals surface area contributed by atoms with Gasteiger partial charge in [0.1, 0.15) is 11.5 Å². The van der Waals surface area contributed by atoms with Crippen molar-refractivity contribution >= 4 is 33.4 Å². The zero-order valence-electron chi connectivity index (χ0n) is 25.3. The maximum Gasteiger partial charge on any atom is 0.252 e. The molecule has 0 unspecified atom stereocenters. The number of aliphatic hydroxyl groups excluding tert-OH is 1. The van der Waals surface area contributed by atoms with Gasteiger partial charge in [0.15, 0.2) is 11.6 Å². The molecule has 1 aliphatic rings. The second-order valence-corrected chi connectivity index (χ2v) is 11.5. The molecule has 0 radical (unpaired) electrons. The van der Waals surface area contributed by atoms with Crippen LogP contribution >= 0.6 is 15.9 Å². The smallest absolute Gasteiger partial charge is 0.252 e. The number of methoxy groups -OCH3 is 1. The zero-order chi connectivity index (χ0) is 32.4. The average Bonchev–Trinajstić information content (AvgIpc) is 3.46. The Balaban J connectivity index is 1.56. The topological polar surface area (TPSA) is 138 Å². The Hall–Kier alpha value is -4.83. The van der Waals surface area contributed by atoms with Crippen LogP contribution in [0.1, 0.15) is 34.8 Å². The molecule has 46 heavy (non-hydrogen) atoms. The van der Waals surface area contributed by atoms with Crippen LogP contribution < -0.4 is 14.8 Å². The van der Waals surface area contributed by atoms with E-state index < -0.39 is 11.6 Å². The summed E-state index contributed by atoms with van der Waals surface area (Å²) in [4.78, 5) is 22.6. The first-order chi connectivity index (χ1) is 22.5. The number of carbonyl (C=O) groups is 1. The van der Waals surface area contributed by atoms with E-state index in [1.807, 2.05) is 72.8 Å². The minimum absolute atomic E-state index is 0.0473. The largest absolute Gasteiger partial charge is 0.497 e. The van der Waals surface area contributed by atoms with Gasteiger partial charge in [-0.15, -0.1) is 0 Å². The number of ether oxygens (including phenoxy) is 3. The molecule has 0 aliphatic carbocycles. The lowest BCUT2D eigenvalue weighted by Gasteiger charge is -2.31. The van der Waals surface area contributed by atoms with Gasteiger partial charge in [-0.05, 0) is 65.5 Å². The van der Waals surface area contributed by atoms with Crippen molar-refractivity contribution in [3.8, 4) is 11.5 Å². The number of azide groups is 1. The highest BCUT2D eigenvalue weighted by atomic mass is 79.9. The predicted molar refractivity (Wildman–Crippen MR) is 180 cm³/mol. The van der Waals surface area contributed by atoms with E-state index in [0.29, 0.717) is 54.5 Å². The molecule has 2 N–H and O–H groups in total. The van der Waals surface area contributed by atoms with Crippen molar-refractivity contribution in [3.05, 3.63) is 134 Å². The van der Waals surface area contributed by atoms with Gasteiger partial charge in [0.05, 0.1) is 13.7 Å². The molecule has 1 amide bonds. The normalized spacial score (nSPS) is 16.9. The molecule has 1 heterocycles. The maximum absolute atomic E-state index is 14.5. The summed E-state index contributed by atoms with van der Waals surface area (Å²) in [6, 6.07) is 29.7. The molecular formula is C35H34BrN5O5. The number of hydrogen-bond acceptors (Lipinski definition) is 7. The van der Waals surface area contributed by atoms with Gasteiger partial charge in [-0.1, -0.05) is 75.6 Å². The Bertz CT molecular complexity index is 1740. The molecule has 0 saturated heterocycles. The van der Waals surface area contributed by atoms with Crippen molar-refractivity contribution in [3.63, 3.8) is 0 Å². The van der Waals surface area contributed by atoms with Crippen LogP contribution in [0, 0.1) is 0 Å². The lowest BCUT2D eigenvalue weighted by Crippen LogP contribution is -2.50. The van der Waals surface area contributed by atoms with Crippen LogP contribution in [0.4, 0.5) is 5.69 Å². The van der Waals surface area contributed by atoms with E-state index in [4.69, 9.17) is 24.3 Å². The molecule has 0 aromatic heterocycles. The van der Waals surface area contributed by atoms with Gasteiger partial charge in [-0.2, -0.15) is 0 Å². The SMILES string of the molecule is COc1cccc(CCNC(=O)[C@]2(Cc3ccccc3N=[N+]=[N-])N=C(c3ccc(OCCCO)cc3)O[C@@H]2c2ccccc2Br)c1. The molecule has 4 aromatic rings. The van der Waals surface area contributed by atoms with Crippen molar-refractivity contribution in [2.45, 2.75) is 30.9 Å². The standard InChI is InChI=1S/C35H34BrN5O5/c1-44-28-10-6-8-24(22-28)18-19-38-34(43)35(23-26-9-2-5-13-31(26)40-41-37)32(29-11-3-4-12-30(29)36)46-33(39-35)25-14-16-27(17-15-25)45-21-7-20-42/h2-6,8-17,22,32,42H,7,18-21,23H2,1H3,(H,38,43)/t32-,35-/m1/s1. The summed E-state index contributed by atoms with van der Waals surface area (Å²) in [5.74, 6) is 1.35. The van der Waals surface area contributed by atoms with Gasteiger partial charge in [0.2, 0.25) is 5.90 Å². The highest BCUT2D eigenvalue weighted by molar-refractivity contribution is 9.10. The zero-order valence-corrected chi connectivity index (χ0v) is 26.9. The Kier molecular flexibility index (Phi) is 10.9. The molecule has 0 spiro atoms. The molecule has 11 heteroatoms. The fraction of sp³-hybridized carbons (Fsp3) is 0.257. The van der Waals surface area contributed by atoms with Gasteiger partial charge in [-0.25, -0.2) is 4.99 Å². The Morgan fingerprint density at radius 2 is 1.85 bits per heavy atom. The highest BCUT2D eigenvalue weighted by Crippen LogP contribution is 2.45. The van der Waals surface area contributed by atoms with E-state index in [1.54, 1.807) is 31.4 Å². The summed E-state index contributed by atoms with van der Waals surface area (Å²) < 4.78 is 18.4. The first-order valence-electron chi connectivity index (χ1n) is 14.9. The second kappa shape index (κ2) is 15.4. The number of benzene rings is 4. The van der Waals surface area contributed by atoms with Crippen molar-refractivity contribution in [1.82, 2.24) is 5.32 Å². The summed E-state index contributed by atoms with van der Waals surface area (Å²) in [5, 5.41) is 16.1.